The van der Waals surface area contributed by atoms with Crippen LogP contribution in [-0.2, 0) is 22.4 Å². The number of halogens is 1. The minimum Gasteiger partial charge on any atom is -0.379 e. The fourth-order valence-corrected chi connectivity index (χ4v) is 2.85. The highest BCUT2D eigenvalue weighted by Gasteiger charge is 2.23. The van der Waals surface area contributed by atoms with E-state index in [1.165, 1.54) is 18.5 Å². The Labute approximate surface area is 140 Å². The molecule has 0 saturated carbocycles. The quantitative estimate of drug-likeness (QED) is 0.859. The van der Waals surface area contributed by atoms with Crippen molar-refractivity contribution in [1.82, 2.24) is 14.9 Å². The second-order valence-corrected chi connectivity index (χ2v) is 5.99. The van der Waals surface area contributed by atoms with Crippen molar-refractivity contribution in [3.05, 3.63) is 59.9 Å². The highest BCUT2D eigenvalue weighted by Crippen LogP contribution is 2.14. The van der Waals surface area contributed by atoms with Crippen LogP contribution in [0.4, 0.5) is 4.39 Å². The molecule has 1 aliphatic rings. The molecule has 1 saturated heterocycles. The number of aromatic nitrogens is 2. The van der Waals surface area contributed by atoms with Crippen LogP contribution in [0.5, 0.6) is 0 Å². The molecule has 2 aromatic rings. The molecule has 0 radical (unpaired) electrons. The summed E-state index contributed by atoms with van der Waals surface area (Å²) in [5.41, 5.74) is 1.77. The standard InChI is InChI=1S/C18H20FN3O2/c19-16-3-1-14(2-4-16)10-18(23)22-7-8-24-12-15(11-22)9-17-5-6-20-13-21-17/h1-6,13,15H,7-12H2. The van der Waals surface area contributed by atoms with Gasteiger partial charge >= 0.3 is 0 Å². The smallest absolute Gasteiger partial charge is 0.227 e. The third-order valence-corrected chi connectivity index (χ3v) is 4.10. The first-order valence-corrected chi connectivity index (χ1v) is 8.05. The molecule has 3 rings (SSSR count). The second kappa shape index (κ2) is 7.97. The molecule has 6 heteroatoms. The summed E-state index contributed by atoms with van der Waals surface area (Å²) >= 11 is 0. The molecule has 1 aromatic carbocycles. The SMILES string of the molecule is O=C(Cc1ccc(F)cc1)N1CCOCC(Cc2ccncn2)C1. The number of carbonyl (C=O) groups is 1. The van der Waals surface area contributed by atoms with Gasteiger partial charge in [-0.15, -0.1) is 0 Å². The number of amides is 1. The van der Waals surface area contributed by atoms with Gasteiger partial charge in [-0.1, -0.05) is 12.1 Å². The molecule has 126 valence electrons. The van der Waals surface area contributed by atoms with Gasteiger partial charge in [0.05, 0.1) is 19.6 Å². The van der Waals surface area contributed by atoms with Gasteiger partial charge in [-0.25, -0.2) is 14.4 Å². The van der Waals surface area contributed by atoms with Gasteiger partial charge in [0.25, 0.3) is 0 Å². The van der Waals surface area contributed by atoms with E-state index in [1.54, 1.807) is 18.3 Å². The molecule has 2 heterocycles. The van der Waals surface area contributed by atoms with Gasteiger partial charge in [-0.2, -0.15) is 0 Å². The summed E-state index contributed by atoms with van der Waals surface area (Å²) in [6.07, 6.45) is 4.28. The Morgan fingerprint density at radius 3 is 2.88 bits per heavy atom. The maximum atomic E-state index is 13.0. The van der Waals surface area contributed by atoms with E-state index in [4.69, 9.17) is 4.74 Å². The van der Waals surface area contributed by atoms with Crippen molar-refractivity contribution in [2.24, 2.45) is 5.92 Å². The fourth-order valence-electron chi connectivity index (χ4n) is 2.85. The average Bonchev–Trinajstić information content (AvgIpc) is 2.83. The zero-order valence-corrected chi connectivity index (χ0v) is 13.4. The normalized spacial score (nSPS) is 18.2. The highest BCUT2D eigenvalue weighted by atomic mass is 19.1. The molecule has 0 bridgehead atoms. The van der Waals surface area contributed by atoms with Crippen LogP contribution in [0.2, 0.25) is 0 Å². The lowest BCUT2D eigenvalue weighted by atomic mass is 10.0. The number of carbonyl (C=O) groups excluding carboxylic acids is 1. The first-order chi connectivity index (χ1) is 11.7. The van der Waals surface area contributed by atoms with Crippen LogP contribution in [-0.4, -0.2) is 47.1 Å². The maximum absolute atomic E-state index is 13.0. The van der Waals surface area contributed by atoms with Crippen molar-refractivity contribution >= 4 is 5.91 Å². The third-order valence-electron chi connectivity index (χ3n) is 4.10. The molecule has 24 heavy (non-hydrogen) atoms. The Bertz CT molecular complexity index is 664. The molecule has 1 fully saturated rings. The van der Waals surface area contributed by atoms with E-state index in [0.717, 1.165) is 17.7 Å². The van der Waals surface area contributed by atoms with E-state index in [9.17, 15) is 9.18 Å². The molecule has 0 aliphatic carbocycles. The summed E-state index contributed by atoms with van der Waals surface area (Å²) in [6.45, 7) is 2.38. The van der Waals surface area contributed by atoms with E-state index in [-0.39, 0.29) is 24.1 Å². The topological polar surface area (TPSA) is 55.3 Å². The molecular formula is C18H20FN3O2. The van der Waals surface area contributed by atoms with Crippen LogP contribution in [0, 0.1) is 11.7 Å². The van der Waals surface area contributed by atoms with Crippen molar-refractivity contribution in [3.63, 3.8) is 0 Å². The summed E-state index contributed by atoms with van der Waals surface area (Å²) < 4.78 is 18.6. The van der Waals surface area contributed by atoms with Crippen LogP contribution in [0.3, 0.4) is 0 Å². The molecule has 0 N–H and O–H groups in total. The second-order valence-electron chi connectivity index (χ2n) is 5.99. The lowest BCUT2D eigenvalue weighted by Crippen LogP contribution is -2.37. The van der Waals surface area contributed by atoms with Gasteiger partial charge in [-0.3, -0.25) is 4.79 Å². The molecule has 1 atom stereocenters. The zero-order valence-electron chi connectivity index (χ0n) is 13.4. The number of hydrogen-bond acceptors (Lipinski definition) is 4. The summed E-state index contributed by atoms with van der Waals surface area (Å²) in [4.78, 5) is 22.6. The monoisotopic (exact) mass is 329 g/mol. The Kier molecular flexibility index (Phi) is 5.48. The summed E-state index contributed by atoms with van der Waals surface area (Å²) in [5.74, 6) is -0.0429. The molecule has 1 aromatic heterocycles. The van der Waals surface area contributed by atoms with E-state index in [2.05, 4.69) is 9.97 Å². The highest BCUT2D eigenvalue weighted by molar-refractivity contribution is 5.78. The van der Waals surface area contributed by atoms with Crippen molar-refractivity contribution in [2.45, 2.75) is 12.8 Å². The van der Waals surface area contributed by atoms with Crippen LogP contribution >= 0.6 is 0 Å². The van der Waals surface area contributed by atoms with E-state index in [0.29, 0.717) is 26.3 Å². The summed E-state index contributed by atoms with van der Waals surface area (Å²) in [7, 11) is 0. The van der Waals surface area contributed by atoms with Crippen LogP contribution < -0.4 is 0 Å². The predicted molar refractivity (Wildman–Crippen MR) is 86.7 cm³/mol. The van der Waals surface area contributed by atoms with Crippen molar-refractivity contribution in [1.29, 1.82) is 0 Å². The fraction of sp³-hybridized carbons (Fsp3) is 0.389. The Morgan fingerprint density at radius 1 is 1.29 bits per heavy atom. The number of benzene rings is 1. The lowest BCUT2D eigenvalue weighted by Gasteiger charge is -2.23. The van der Waals surface area contributed by atoms with Crippen molar-refractivity contribution in [2.75, 3.05) is 26.3 Å². The minimum absolute atomic E-state index is 0.0415. The lowest BCUT2D eigenvalue weighted by molar-refractivity contribution is -0.130. The number of rotatable bonds is 4. The zero-order chi connectivity index (χ0) is 16.8. The molecule has 1 unspecified atom stereocenters. The van der Waals surface area contributed by atoms with E-state index >= 15 is 0 Å². The van der Waals surface area contributed by atoms with Crippen LogP contribution in [0.15, 0.2) is 42.9 Å². The number of hydrogen-bond donors (Lipinski definition) is 0. The largest absolute Gasteiger partial charge is 0.379 e. The van der Waals surface area contributed by atoms with Gasteiger partial charge in [0, 0.05) is 30.9 Å². The van der Waals surface area contributed by atoms with Gasteiger partial charge in [-0.05, 0) is 30.2 Å². The Hall–Kier alpha value is -2.34. The van der Waals surface area contributed by atoms with Gasteiger partial charge in [0.15, 0.2) is 0 Å². The van der Waals surface area contributed by atoms with Crippen LogP contribution in [0.1, 0.15) is 11.3 Å². The van der Waals surface area contributed by atoms with Gasteiger partial charge in [0.1, 0.15) is 12.1 Å². The van der Waals surface area contributed by atoms with E-state index in [1.807, 2.05) is 11.0 Å². The maximum Gasteiger partial charge on any atom is 0.227 e. The summed E-state index contributed by atoms with van der Waals surface area (Å²) in [6, 6.07) is 7.95. The summed E-state index contributed by atoms with van der Waals surface area (Å²) in [5, 5.41) is 0. The average molecular weight is 329 g/mol. The van der Waals surface area contributed by atoms with Crippen LogP contribution in [0.25, 0.3) is 0 Å². The third kappa shape index (κ3) is 4.58. The van der Waals surface area contributed by atoms with Gasteiger partial charge < -0.3 is 9.64 Å². The molecular weight excluding hydrogens is 309 g/mol. The minimum atomic E-state index is -0.292. The van der Waals surface area contributed by atoms with Gasteiger partial charge in [0.2, 0.25) is 5.91 Å². The predicted octanol–water partition coefficient (Wildman–Crippen LogP) is 1.88. The Balaban J connectivity index is 1.61. The first-order valence-electron chi connectivity index (χ1n) is 8.05. The molecule has 1 aliphatic heterocycles. The first kappa shape index (κ1) is 16.5. The number of ether oxygens (including phenoxy) is 1. The number of nitrogens with zero attached hydrogens (tertiary/aromatic N) is 3. The molecule has 1 amide bonds. The van der Waals surface area contributed by atoms with Crippen molar-refractivity contribution < 1.29 is 13.9 Å². The Morgan fingerprint density at radius 2 is 2.12 bits per heavy atom. The molecule has 0 spiro atoms. The van der Waals surface area contributed by atoms with E-state index < -0.39 is 0 Å². The van der Waals surface area contributed by atoms with Crippen molar-refractivity contribution in [3.8, 4) is 0 Å². The molecule has 5 nitrogen and oxygen atoms in total.